The molecule has 0 unspecified atom stereocenters. The van der Waals surface area contributed by atoms with E-state index in [1.807, 2.05) is 44.4 Å². The number of fused-ring (bicyclic) bond motifs is 1. The molecular formula is C29H39FN6O2. The van der Waals surface area contributed by atoms with Gasteiger partial charge in [0.05, 0.1) is 11.7 Å². The summed E-state index contributed by atoms with van der Waals surface area (Å²) in [6.45, 7) is 3.35. The van der Waals surface area contributed by atoms with Crippen molar-refractivity contribution in [2.24, 2.45) is 13.0 Å². The minimum Gasteiger partial charge on any atom is -0.343 e. The molecule has 3 aromatic rings. The summed E-state index contributed by atoms with van der Waals surface area (Å²) in [6.07, 6.45) is 6.22. The van der Waals surface area contributed by atoms with Gasteiger partial charge in [-0.2, -0.15) is 5.10 Å². The van der Waals surface area contributed by atoms with Crippen LogP contribution in [0.4, 0.5) is 14.9 Å². The topological polar surface area (TPSA) is 82.5 Å². The number of benzene rings is 2. The summed E-state index contributed by atoms with van der Waals surface area (Å²) in [6, 6.07) is 12.2. The second-order valence-corrected chi connectivity index (χ2v) is 10.6. The van der Waals surface area contributed by atoms with Gasteiger partial charge in [-0.25, -0.2) is 9.18 Å². The van der Waals surface area contributed by atoms with Crippen molar-refractivity contribution in [3.05, 3.63) is 60.0 Å². The first kappa shape index (κ1) is 27.6. The molecule has 2 N–H and O–H groups in total. The zero-order valence-electron chi connectivity index (χ0n) is 22.8. The highest BCUT2D eigenvalue weighted by molar-refractivity contribution is 5.92. The maximum Gasteiger partial charge on any atom is 0.319 e. The number of nitrogens with one attached hydrogen (secondary N) is 2. The fourth-order valence-corrected chi connectivity index (χ4v) is 5.49. The Labute approximate surface area is 224 Å². The minimum absolute atomic E-state index is 0.0411. The van der Waals surface area contributed by atoms with E-state index in [0.717, 1.165) is 61.7 Å². The van der Waals surface area contributed by atoms with E-state index in [1.54, 1.807) is 22.7 Å². The van der Waals surface area contributed by atoms with Crippen molar-refractivity contribution in [2.75, 3.05) is 32.5 Å². The average Bonchev–Trinajstić information content (AvgIpc) is 3.25. The maximum atomic E-state index is 13.2. The largest absolute Gasteiger partial charge is 0.343 e. The number of anilines is 1. The number of amides is 3. The lowest BCUT2D eigenvalue weighted by atomic mass is 9.80. The Morgan fingerprint density at radius 1 is 1.13 bits per heavy atom. The van der Waals surface area contributed by atoms with Crippen LogP contribution in [0.5, 0.6) is 0 Å². The van der Waals surface area contributed by atoms with Gasteiger partial charge in [-0.05, 0) is 87.5 Å². The number of nitrogens with zero attached hydrogens (tertiary/aromatic N) is 4. The highest BCUT2D eigenvalue weighted by Gasteiger charge is 2.34. The van der Waals surface area contributed by atoms with Crippen LogP contribution in [0.1, 0.15) is 38.2 Å². The van der Waals surface area contributed by atoms with E-state index >= 15 is 0 Å². The standard InChI is InChI=1S/C29H39FN6O2/c1-20(37)35(3)26-13-9-22(19-34(2)15-5-6-21-7-10-24(30)11-8-21)27(17-26)33-29(38)32-25-12-14-28-23(16-25)18-31-36(28)4/h7-8,10-12,14,16,18,22,26-27H,5-6,9,13,15,17,19H2,1-4H3,(H2,32,33,38)/t22-,26-,27+/m0/s1. The molecule has 0 spiro atoms. The molecular weight excluding hydrogens is 483 g/mol. The second-order valence-electron chi connectivity index (χ2n) is 10.6. The lowest BCUT2D eigenvalue weighted by Gasteiger charge is -2.41. The molecule has 204 valence electrons. The number of carbonyl (C=O) groups is 2. The molecule has 4 rings (SSSR count). The summed E-state index contributed by atoms with van der Waals surface area (Å²) in [5.41, 5.74) is 2.85. The first-order valence-corrected chi connectivity index (χ1v) is 13.3. The van der Waals surface area contributed by atoms with Gasteiger partial charge in [0.1, 0.15) is 5.82 Å². The molecule has 2 aromatic carbocycles. The predicted octanol–water partition coefficient (Wildman–Crippen LogP) is 4.41. The molecule has 3 atom stereocenters. The molecule has 0 radical (unpaired) electrons. The van der Waals surface area contributed by atoms with Crippen molar-refractivity contribution < 1.29 is 14.0 Å². The number of hydrogen-bond donors (Lipinski definition) is 2. The van der Waals surface area contributed by atoms with Gasteiger partial charge in [0, 0.05) is 50.7 Å². The summed E-state index contributed by atoms with van der Waals surface area (Å²) < 4.78 is 15.0. The van der Waals surface area contributed by atoms with Gasteiger partial charge in [-0.1, -0.05) is 12.1 Å². The van der Waals surface area contributed by atoms with E-state index < -0.39 is 0 Å². The van der Waals surface area contributed by atoms with E-state index in [0.29, 0.717) is 5.69 Å². The van der Waals surface area contributed by atoms with Gasteiger partial charge >= 0.3 is 6.03 Å². The van der Waals surface area contributed by atoms with Gasteiger partial charge in [0.2, 0.25) is 5.91 Å². The fourth-order valence-electron chi connectivity index (χ4n) is 5.49. The van der Waals surface area contributed by atoms with E-state index in [1.165, 1.54) is 12.1 Å². The molecule has 1 aromatic heterocycles. The smallest absolute Gasteiger partial charge is 0.319 e. The average molecular weight is 523 g/mol. The van der Waals surface area contributed by atoms with Crippen molar-refractivity contribution >= 4 is 28.5 Å². The van der Waals surface area contributed by atoms with Crippen LogP contribution in [0.15, 0.2) is 48.7 Å². The first-order valence-electron chi connectivity index (χ1n) is 13.3. The number of carbonyl (C=O) groups excluding carboxylic acids is 2. The first-order chi connectivity index (χ1) is 18.2. The minimum atomic E-state index is -0.242. The van der Waals surface area contributed by atoms with Gasteiger partial charge < -0.3 is 20.4 Å². The van der Waals surface area contributed by atoms with Crippen molar-refractivity contribution in [1.29, 1.82) is 0 Å². The van der Waals surface area contributed by atoms with Crippen LogP contribution in [0.3, 0.4) is 0 Å². The monoisotopic (exact) mass is 522 g/mol. The number of urea groups is 1. The van der Waals surface area contributed by atoms with E-state index in [-0.39, 0.29) is 35.8 Å². The summed E-state index contributed by atoms with van der Waals surface area (Å²) in [7, 11) is 5.84. The van der Waals surface area contributed by atoms with Gasteiger partial charge in [0.15, 0.2) is 0 Å². The summed E-state index contributed by atoms with van der Waals surface area (Å²) in [5, 5.41) is 11.4. The van der Waals surface area contributed by atoms with E-state index in [9.17, 15) is 14.0 Å². The molecule has 1 aliphatic carbocycles. The van der Waals surface area contributed by atoms with Crippen molar-refractivity contribution in [3.63, 3.8) is 0 Å². The van der Waals surface area contributed by atoms with Crippen LogP contribution >= 0.6 is 0 Å². The van der Waals surface area contributed by atoms with Crippen molar-refractivity contribution in [1.82, 2.24) is 24.9 Å². The number of halogens is 1. The molecule has 8 nitrogen and oxygen atoms in total. The Balaban J connectivity index is 1.36. The normalized spacial score (nSPS) is 19.5. The molecule has 0 aliphatic heterocycles. The van der Waals surface area contributed by atoms with E-state index in [2.05, 4.69) is 27.7 Å². The number of rotatable bonds is 9. The van der Waals surface area contributed by atoms with E-state index in [4.69, 9.17) is 0 Å². The number of hydrogen-bond acceptors (Lipinski definition) is 4. The SMILES string of the molecule is CC(=O)N(C)[C@H]1CC[C@@H](CN(C)CCCc2ccc(F)cc2)[C@H](NC(=O)Nc2ccc3c(cnn3C)c2)C1. The zero-order valence-corrected chi connectivity index (χ0v) is 22.8. The van der Waals surface area contributed by atoms with Gasteiger partial charge in [-0.15, -0.1) is 0 Å². The van der Waals surface area contributed by atoms with Crippen LogP contribution in [-0.4, -0.2) is 70.8 Å². The summed E-state index contributed by atoms with van der Waals surface area (Å²) in [5.74, 6) is 0.102. The van der Waals surface area contributed by atoms with Crippen LogP contribution in [-0.2, 0) is 18.3 Å². The van der Waals surface area contributed by atoms with Crippen molar-refractivity contribution in [2.45, 2.75) is 51.1 Å². The Morgan fingerprint density at radius 3 is 2.63 bits per heavy atom. The maximum absolute atomic E-state index is 13.2. The molecule has 1 saturated carbocycles. The Bertz CT molecular complexity index is 1240. The van der Waals surface area contributed by atoms with Crippen LogP contribution in [0.25, 0.3) is 10.9 Å². The van der Waals surface area contributed by atoms with Crippen LogP contribution < -0.4 is 10.6 Å². The summed E-state index contributed by atoms with van der Waals surface area (Å²) in [4.78, 5) is 29.2. The fraction of sp³-hybridized carbons (Fsp3) is 0.483. The third-order valence-corrected chi connectivity index (χ3v) is 7.80. The van der Waals surface area contributed by atoms with Gasteiger partial charge in [0.25, 0.3) is 0 Å². The molecule has 3 amide bonds. The van der Waals surface area contributed by atoms with Gasteiger partial charge in [-0.3, -0.25) is 9.48 Å². The lowest BCUT2D eigenvalue weighted by Crippen LogP contribution is -2.53. The lowest BCUT2D eigenvalue weighted by molar-refractivity contribution is -0.130. The summed E-state index contributed by atoms with van der Waals surface area (Å²) >= 11 is 0. The third-order valence-electron chi connectivity index (χ3n) is 7.80. The highest BCUT2D eigenvalue weighted by Crippen LogP contribution is 2.29. The highest BCUT2D eigenvalue weighted by atomic mass is 19.1. The number of aryl methyl sites for hydroxylation is 2. The molecule has 1 fully saturated rings. The molecule has 38 heavy (non-hydrogen) atoms. The second kappa shape index (κ2) is 12.4. The number of aromatic nitrogens is 2. The van der Waals surface area contributed by atoms with Crippen LogP contribution in [0, 0.1) is 11.7 Å². The molecule has 0 bridgehead atoms. The Morgan fingerprint density at radius 2 is 1.89 bits per heavy atom. The molecule has 1 heterocycles. The molecule has 1 aliphatic rings. The van der Waals surface area contributed by atoms with Crippen LogP contribution in [0.2, 0.25) is 0 Å². The molecule has 9 heteroatoms. The predicted molar refractivity (Wildman–Crippen MR) is 148 cm³/mol. The van der Waals surface area contributed by atoms with Crippen molar-refractivity contribution in [3.8, 4) is 0 Å². The third kappa shape index (κ3) is 7.10. The quantitative estimate of drug-likeness (QED) is 0.436. The molecule has 0 saturated heterocycles. The Kier molecular flexibility index (Phi) is 8.99. The Hall–Kier alpha value is -3.46. The zero-order chi connectivity index (χ0) is 27.2.